The summed E-state index contributed by atoms with van der Waals surface area (Å²) in [5, 5.41) is 10.4. The van der Waals surface area contributed by atoms with Crippen LogP contribution in [0, 0.1) is 0 Å². The van der Waals surface area contributed by atoms with Crippen LogP contribution in [0.15, 0.2) is 77.6 Å². The molecule has 3 aromatic carbocycles. The quantitative estimate of drug-likeness (QED) is 0.443. The van der Waals surface area contributed by atoms with Crippen molar-refractivity contribution in [1.82, 2.24) is 15.2 Å². The summed E-state index contributed by atoms with van der Waals surface area (Å²) >= 11 is 1.72. The van der Waals surface area contributed by atoms with E-state index >= 15 is 0 Å². The molecule has 0 saturated heterocycles. The highest BCUT2D eigenvalue weighted by molar-refractivity contribution is 7.21. The van der Waals surface area contributed by atoms with Crippen molar-refractivity contribution in [2.24, 2.45) is 0 Å². The van der Waals surface area contributed by atoms with Gasteiger partial charge < -0.3 is 4.52 Å². The van der Waals surface area contributed by atoms with Gasteiger partial charge in [-0.05, 0) is 36.4 Å². The van der Waals surface area contributed by atoms with Gasteiger partial charge in [0, 0.05) is 23.1 Å². The highest BCUT2D eigenvalue weighted by Gasteiger charge is 2.14. The van der Waals surface area contributed by atoms with Crippen LogP contribution in [0.2, 0.25) is 0 Å². The minimum absolute atomic E-state index is 0.786. The first-order valence-corrected chi connectivity index (χ1v) is 9.40. The van der Waals surface area contributed by atoms with Crippen LogP contribution in [0.25, 0.3) is 48.3 Å². The predicted octanol–water partition coefficient (Wildman–Crippen LogP) is 4.86. The first-order chi connectivity index (χ1) is 13.3. The number of nitrogens with zero attached hydrogens (tertiary/aromatic N) is 3. The second kappa shape index (κ2) is 5.49. The highest BCUT2D eigenvalue weighted by Crippen LogP contribution is 2.31. The first kappa shape index (κ1) is 14.6. The lowest BCUT2D eigenvalue weighted by atomic mass is 10.2. The van der Waals surface area contributed by atoms with E-state index in [1.54, 1.807) is 17.5 Å². The lowest BCUT2D eigenvalue weighted by Crippen LogP contribution is -2.31. The molecule has 0 atom stereocenters. The highest BCUT2D eigenvalue weighted by atomic mass is 32.1. The first-order valence-electron chi connectivity index (χ1n) is 8.59. The van der Waals surface area contributed by atoms with E-state index < -0.39 is 0 Å². The molecular formula is C21H13N4OS+. The fourth-order valence-corrected chi connectivity index (χ4v) is 4.31. The molecule has 3 aromatic heterocycles. The normalized spacial score (nSPS) is 11.7. The summed E-state index contributed by atoms with van der Waals surface area (Å²) in [5.41, 5.74) is 5.07. The Hall–Kier alpha value is -3.51. The lowest BCUT2D eigenvalue weighted by molar-refractivity contribution is -0.652. The fraction of sp³-hybridized carbons (Fsp3) is 0. The number of hydrogen-bond donors (Lipinski definition) is 1. The Bertz CT molecular complexity index is 1410. The van der Waals surface area contributed by atoms with Crippen LogP contribution in [-0.2, 0) is 0 Å². The summed E-state index contributed by atoms with van der Waals surface area (Å²) in [6.45, 7) is 0. The number of nitrogens with one attached hydrogen (secondary N) is 1. The van der Waals surface area contributed by atoms with E-state index in [4.69, 9.17) is 9.51 Å². The molecule has 3 heterocycles. The Labute approximate surface area is 157 Å². The number of benzene rings is 3. The number of aromatic nitrogens is 4. The van der Waals surface area contributed by atoms with Crippen molar-refractivity contribution in [2.75, 3.05) is 0 Å². The van der Waals surface area contributed by atoms with E-state index in [-0.39, 0.29) is 0 Å². The molecule has 0 amide bonds. The Morgan fingerprint density at radius 3 is 2.89 bits per heavy atom. The van der Waals surface area contributed by atoms with Crippen LogP contribution in [0.4, 0.5) is 0 Å². The molecule has 0 spiro atoms. The molecule has 6 aromatic rings. The Balaban J connectivity index is 1.46. The van der Waals surface area contributed by atoms with E-state index in [0.717, 1.165) is 43.6 Å². The fourth-order valence-electron chi connectivity index (χ4n) is 3.35. The van der Waals surface area contributed by atoms with Crippen molar-refractivity contribution in [3.8, 4) is 16.3 Å². The van der Waals surface area contributed by atoms with Gasteiger partial charge in [0.2, 0.25) is 11.9 Å². The largest absolute Gasteiger partial charge is 0.356 e. The molecule has 0 aliphatic carbocycles. The molecule has 0 aliphatic heterocycles. The summed E-state index contributed by atoms with van der Waals surface area (Å²) in [4.78, 5) is 4.77. The minimum atomic E-state index is 0.786. The third-order valence-electron chi connectivity index (χ3n) is 4.72. The Kier molecular flexibility index (Phi) is 2.98. The average molecular weight is 369 g/mol. The summed E-state index contributed by atoms with van der Waals surface area (Å²) in [5.74, 6) is 0. The molecule has 0 bridgehead atoms. The minimum Gasteiger partial charge on any atom is -0.356 e. The lowest BCUT2D eigenvalue weighted by Gasteiger charge is -1.94. The number of hydrogen-bond acceptors (Lipinski definition) is 4. The van der Waals surface area contributed by atoms with Crippen LogP contribution in [0.1, 0.15) is 0 Å². The summed E-state index contributed by atoms with van der Waals surface area (Å²) in [6, 6.07) is 20.6. The second-order valence-electron chi connectivity index (χ2n) is 6.45. The molecule has 0 unspecified atom stereocenters. The van der Waals surface area contributed by atoms with Crippen LogP contribution in [-0.4, -0.2) is 15.2 Å². The number of para-hydroxylation sites is 1. The molecule has 1 N–H and O–H groups in total. The molecule has 6 heteroatoms. The van der Waals surface area contributed by atoms with Crippen molar-refractivity contribution in [1.29, 1.82) is 0 Å². The standard InChI is InChI=1S/C21H12N4OS/c1-2-4-20-18(3-1)23-21(27-20)13-5-7-17-15(9-13)12-25(24-17)16-6-8-19-14(10-16)11-22-26-19/h1-12H/p+1. The zero-order valence-corrected chi connectivity index (χ0v) is 14.9. The molecule has 128 valence electrons. The van der Waals surface area contributed by atoms with Gasteiger partial charge in [-0.2, -0.15) is 5.10 Å². The number of H-pyrrole nitrogens is 1. The van der Waals surface area contributed by atoms with Gasteiger partial charge in [-0.3, -0.25) is 0 Å². The molecule has 0 radical (unpaired) electrons. The maximum atomic E-state index is 5.18. The molecule has 0 saturated carbocycles. The summed E-state index contributed by atoms with van der Waals surface area (Å²) in [7, 11) is 0. The predicted molar refractivity (Wildman–Crippen MR) is 106 cm³/mol. The van der Waals surface area contributed by atoms with E-state index in [1.165, 1.54) is 4.70 Å². The van der Waals surface area contributed by atoms with Crippen LogP contribution in [0.3, 0.4) is 0 Å². The van der Waals surface area contributed by atoms with Crippen molar-refractivity contribution in [3.05, 3.63) is 73.1 Å². The monoisotopic (exact) mass is 369 g/mol. The van der Waals surface area contributed by atoms with Gasteiger partial charge in [-0.1, -0.05) is 22.0 Å². The number of aromatic amines is 1. The van der Waals surface area contributed by atoms with Crippen LogP contribution < -0.4 is 4.68 Å². The van der Waals surface area contributed by atoms with Gasteiger partial charge in [0.05, 0.1) is 21.8 Å². The topological polar surface area (TPSA) is 58.6 Å². The van der Waals surface area contributed by atoms with Crippen molar-refractivity contribution in [3.63, 3.8) is 0 Å². The van der Waals surface area contributed by atoms with Crippen LogP contribution in [0.5, 0.6) is 0 Å². The molecule has 6 rings (SSSR count). The average Bonchev–Trinajstić information content (AvgIpc) is 3.42. The van der Waals surface area contributed by atoms with Gasteiger partial charge in [-0.15, -0.1) is 11.3 Å². The van der Waals surface area contributed by atoms with E-state index in [9.17, 15) is 0 Å². The van der Waals surface area contributed by atoms with Gasteiger partial charge >= 0.3 is 0 Å². The van der Waals surface area contributed by atoms with E-state index in [2.05, 4.69) is 58.9 Å². The van der Waals surface area contributed by atoms with Gasteiger partial charge in [0.25, 0.3) is 0 Å². The zero-order valence-electron chi connectivity index (χ0n) is 14.1. The SMILES string of the molecule is c1ccc2sc(-c3ccc4[nH][n+](-c5ccc6oncc6c5)cc4c3)nc2c1. The molecule has 0 aliphatic rings. The van der Waals surface area contributed by atoms with Gasteiger partial charge in [0.15, 0.2) is 5.58 Å². The van der Waals surface area contributed by atoms with Gasteiger partial charge in [0.1, 0.15) is 10.5 Å². The van der Waals surface area contributed by atoms with E-state index in [1.807, 2.05) is 22.9 Å². The maximum absolute atomic E-state index is 5.18. The smallest absolute Gasteiger partial charge is 0.236 e. The third kappa shape index (κ3) is 2.34. The molecule has 0 fully saturated rings. The van der Waals surface area contributed by atoms with Crippen LogP contribution >= 0.6 is 11.3 Å². The Morgan fingerprint density at radius 1 is 0.963 bits per heavy atom. The van der Waals surface area contributed by atoms with Crippen molar-refractivity contribution >= 4 is 43.4 Å². The number of rotatable bonds is 2. The summed E-state index contributed by atoms with van der Waals surface area (Å²) in [6.07, 6.45) is 3.83. The maximum Gasteiger partial charge on any atom is 0.236 e. The zero-order chi connectivity index (χ0) is 17.8. The molecular weight excluding hydrogens is 356 g/mol. The number of thiazole rings is 1. The summed E-state index contributed by atoms with van der Waals surface area (Å²) < 4.78 is 8.40. The van der Waals surface area contributed by atoms with E-state index in [0.29, 0.717) is 0 Å². The second-order valence-corrected chi connectivity index (χ2v) is 7.48. The number of fused-ring (bicyclic) bond motifs is 3. The van der Waals surface area contributed by atoms with Crippen molar-refractivity contribution in [2.45, 2.75) is 0 Å². The Morgan fingerprint density at radius 2 is 1.93 bits per heavy atom. The molecule has 5 nitrogen and oxygen atoms in total. The van der Waals surface area contributed by atoms with Gasteiger partial charge in [-0.25, -0.2) is 4.98 Å². The third-order valence-corrected chi connectivity index (χ3v) is 5.80. The molecule has 27 heavy (non-hydrogen) atoms. The van der Waals surface area contributed by atoms with Crippen molar-refractivity contribution < 1.29 is 9.20 Å².